The number of carbonyl (C=O) groups excluding carboxylic acids is 1. The van der Waals surface area contributed by atoms with E-state index in [0.29, 0.717) is 18.9 Å². The fraction of sp³-hybridized carbons (Fsp3) is 0.154. The Labute approximate surface area is 211 Å². The Balaban J connectivity index is 1.33. The molecule has 3 heterocycles. The molecule has 0 radical (unpaired) electrons. The molecule has 0 unspecified atom stereocenters. The van der Waals surface area contributed by atoms with Crippen LogP contribution in [0.1, 0.15) is 27.4 Å². The third-order valence-electron chi connectivity index (χ3n) is 5.74. The molecule has 8 nitrogen and oxygen atoms in total. The van der Waals surface area contributed by atoms with Crippen molar-refractivity contribution in [3.05, 3.63) is 106 Å². The van der Waals surface area contributed by atoms with Crippen LogP contribution in [0.4, 0.5) is 0 Å². The maximum Gasteiger partial charge on any atom is 0.272 e. The van der Waals surface area contributed by atoms with Crippen molar-refractivity contribution in [2.45, 2.75) is 27.1 Å². The first-order valence-electron chi connectivity index (χ1n) is 11.2. The molecule has 0 bridgehead atoms. The van der Waals surface area contributed by atoms with E-state index >= 15 is 0 Å². The number of hydrogen-bond acceptors (Lipinski definition) is 4. The van der Waals surface area contributed by atoms with Gasteiger partial charge in [0.15, 0.2) is 0 Å². The largest absolute Gasteiger partial charge is 0.346 e. The second-order valence-corrected chi connectivity index (χ2v) is 8.99. The Bertz CT molecular complexity index is 1470. The molecule has 35 heavy (non-hydrogen) atoms. The summed E-state index contributed by atoms with van der Waals surface area (Å²) in [6, 6.07) is 21.6. The van der Waals surface area contributed by atoms with Crippen LogP contribution >= 0.6 is 15.9 Å². The van der Waals surface area contributed by atoms with Crippen molar-refractivity contribution in [2.75, 3.05) is 0 Å². The molecule has 3 aromatic heterocycles. The number of amides is 1. The molecule has 0 aliphatic heterocycles. The van der Waals surface area contributed by atoms with Crippen LogP contribution in [0.25, 0.3) is 16.9 Å². The number of benzene rings is 2. The molecule has 5 aromatic rings. The van der Waals surface area contributed by atoms with Crippen LogP contribution in [-0.4, -0.2) is 35.2 Å². The van der Waals surface area contributed by atoms with Gasteiger partial charge in [-0.3, -0.25) is 9.48 Å². The smallest absolute Gasteiger partial charge is 0.272 e. The Kier molecular flexibility index (Phi) is 6.33. The van der Waals surface area contributed by atoms with Gasteiger partial charge in [-0.1, -0.05) is 48.5 Å². The minimum atomic E-state index is -0.246. The van der Waals surface area contributed by atoms with Crippen molar-refractivity contribution in [3.8, 4) is 16.9 Å². The van der Waals surface area contributed by atoms with Gasteiger partial charge in [0.1, 0.15) is 12.4 Å². The maximum absolute atomic E-state index is 12.9. The zero-order valence-electron chi connectivity index (χ0n) is 19.4. The average Bonchev–Trinajstić information content (AvgIpc) is 3.59. The molecule has 0 saturated heterocycles. The van der Waals surface area contributed by atoms with E-state index in [1.165, 1.54) is 0 Å². The van der Waals surface area contributed by atoms with E-state index < -0.39 is 0 Å². The highest BCUT2D eigenvalue weighted by atomic mass is 79.9. The van der Waals surface area contributed by atoms with Crippen LogP contribution in [0.15, 0.2) is 83.6 Å². The summed E-state index contributed by atoms with van der Waals surface area (Å²) in [7, 11) is 0. The zero-order valence-corrected chi connectivity index (χ0v) is 21.0. The lowest BCUT2D eigenvalue weighted by molar-refractivity contribution is 0.0945. The van der Waals surface area contributed by atoms with Gasteiger partial charge in [-0.2, -0.15) is 15.3 Å². The van der Waals surface area contributed by atoms with Crippen LogP contribution in [0.3, 0.4) is 0 Å². The summed E-state index contributed by atoms with van der Waals surface area (Å²) in [4.78, 5) is 12.9. The van der Waals surface area contributed by atoms with E-state index in [4.69, 9.17) is 5.10 Å². The number of nitrogens with one attached hydrogen (secondary N) is 1. The van der Waals surface area contributed by atoms with Gasteiger partial charge in [0.2, 0.25) is 0 Å². The zero-order chi connectivity index (χ0) is 24.4. The van der Waals surface area contributed by atoms with Gasteiger partial charge in [-0.25, -0.2) is 9.36 Å². The quantitative estimate of drug-likeness (QED) is 0.330. The molecule has 0 spiro atoms. The Hall–Kier alpha value is -3.98. The average molecular weight is 530 g/mol. The molecule has 0 aliphatic carbocycles. The number of aromatic nitrogens is 6. The minimum Gasteiger partial charge on any atom is -0.346 e. The summed E-state index contributed by atoms with van der Waals surface area (Å²) in [5, 5.41) is 16.7. The number of hydrogen-bond donors (Lipinski definition) is 1. The molecule has 2 aromatic carbocycles. The molecular formula is C26H24BrN7O. The van der Waals surface area contributed by atoms with E-state index in [9.17, 15) is 4.79 Å². The molecule has 0 saturated carbocycles. The normalized spacial score (nSPS) is 11.1. The number of rotatable bonds is 7. The van der Waals surface area contributed by atoms with Gasteiger partial charge in [0.05, 0.1) is 27.2 Å². The van der Waals surface area contributed by atoms with Crippen molar-refractivity contribution in [1.29, 1.82) is 0 Å². The first-order chi connectivity index (χ1) is 17.0. The first kappa shape index (κ1) is 22.8. The van der Waals surface area contributed by atoms with E-state index in [0.717, 1.165) is 38.4 Å². The highest BCUT2D eigenvalue weighted by Crippen LogP contribution is 2.24. The summed E-state index contributed by atoms with van der Waals surface area (Å²) in [5.41, 5.74) is 5.97. The lowest BCUT2D eigenvalue weighted by Gasteiger charge is -2.05. The van der Waals surface area contributed by atoms with Crippen molar-refractivity contribution >= 4 is 21.8 Å². The first-order valence-corrected chi connectivity index (χ1v) is 12.0. The monoisotopic (exact) mass is 529 g/mol. The van der Waals surface area contributed by atoms with Crippen LogP contribution in [-0.2, 0) is 13.2 Å². The topological polar surface area (TPSA) is 82.6 Å². The second kappa shape index (κ2) is 9.71. The predicted molar refractivity (Wildman–Crippen MR) is 137 cm³/mol. The van der Waals surface area contributed by atoms with E-state index in [-0.39, 0.29) is 5.91 Å². The number of nitrogens with zero attached hydrogens (tertiary/aromatic N) is 6. The fourth-order valence-electron chi connectivity index (χ4n) is 3.87. The summed E-state index contributed by atoms with van der Waals surface area (Å²) < 4.78 is 6.36. The summed E-state index contributed by atoms with van der Waals surface area (Å²) in [5.74, 6) is -0.246. The van der Waals surface area contributed by atoms with Crippen molar-refractivity contribution < 1.29 is 4.79 Å². The predicted octanol–water partition coefficient (Wildman–Crippen LogP) is 4.75. The second-order valence-electron chi connectivity index (χ2n) is 8.20. The Morgan fingerprint density at radius 3 is 2.34 bits per heavy atom. The van der Waals surface area contributed by atoms with Gasteiger partial charge in [-0.05, 0) is 48.0 Å². The molecule has 0 aliphatic rings. The molecule has 9 heteroatoms. The molecule has 1 N–H and O–H groups in total. The van der Waals surface area contributed by atoms with Gasteiger partial charge in [-0.15, -0.1) is 0 Å². The number of carbonyl (C=O) groups is 1. The van der Waals surface area contributed by atoms with Gasteiger partial charge in [0.25, 0.3) is 5.91 Å². The van der Waals surface area contributed by atoms with Crippen molar-refractivity contribution in [2.24, 2.45) is 0 Å². The van der Waals surface area contributed by atoms with Crippen LogP contribution in [0, 0.1) is 13.8 Å². The molecule has 176 valence electrons. The third kappa shape index (κ3) is 4.81. The van der Waals surface area contributed by atoms with E-state index in [1.54, 1.807) is 16.9 Å². The van der Waals surface area contributed by atoms with Crippen molar-refractivity contribution in [1.82, 2.24) is 34.7 Å². The van der Waals surface area contributed by atoms with Crippen LogP contribution in [0.2, 0.25) is 0 Å². The summed E-state index contributed by atoms with van der Waals surface area (Å²) in [6.07, 6.45) is 3.74. The molecule has 0 atom stereocenters. The van der Waals surface area contributed by atoms with Gasteiger partial charge < -0.3 is 5.32 Å². The van der Waals surface area contributed by atoms with Crippen LogP contribution in [0.5, 0.6) is 0 Å². The van der Waals surface area contributed by atoms with Gasteiger partial charge >= 0.3 is 0 Å². The highest BCUT2D eigenvalue weighted by molar-refractivity contribution is 9.10. The number of para-hydroxylation sites is 1. The highest BCUT2D eigenvalue weighted by Gasteiger charge is 2.16. The third-order valence-corrected chi connectivity index (χ3v) is 6.89. The SMILES string of the molecule is Cc1nn(Cn2ccc(C(=O)NCc3cn(-c4ccccc4)nc3-c3ccccc3)n2)c(C)c1Br. The maximum atomic E-state index is 12.9. The van der Waals surface area contributed by atoms with E-state index in [2.05, 4.69) is 31.4 Å². The molecule has 1 amide bonds. The Morgan fingerprint density at radius 2 is 1.66 bits per heavy atom. The minimum absolute atomic E-state index is 0.246. The standard InChI is InChI=1S/C26H24BrN7O/c1-18-24(27)19(2)34(29-18)17-32-14-13-23(30-32)26(35)28-15-21-16-33(22-11-7-4-8-12-22)31-25(21)20-9-5-3-6-10-20/h3-14,16H,15,17H2,1-2H3,(H,28,35). The molecule has 5 rings (SSSR count). The van der Waals surface area contributed by atoms with Crippen molar-refractivity contribution in [3.63, 3.8) is 0 Å². The number of aryl methyl sites for hydroxylation is 1. The summed E-state index contributed by atoms with van der Waals surface area (Å²) >= 11 is 3.54. The molecule has 0 fully saturated rings. The van der Waals surface area contributed by atoms with E-state index in [1.807, 2.05) is 90.1 Å². The summed E-state index contributed by atoms with van der Waals surface area (Å²) in [6.45, 7) is 4.68. The van der Waals surface area contributed by atoms with Gasteiger partial charge in [0, 0.05) is 30.1 Å². The lowest BCUT2D eigenvalue weighted by atomic mass is 10.1. The lowest BCUT2D eigenvalue weighted by Crippen LogP contribution is -2.24. The fourth-order valence-corrected chi connectivity index (χ4v) is 4.15. The Morgan fingerprint density at radius 1 is 0.943 bits per heavy atom. The van der Waals surface area contributed by atoms with Crippen LogP contribution < -0.4 is 5.32 Å². The molecular weight excluding hydrogens is 506 g/mol. The number of halogens is 1.